The first-order valence-electron chi connectivity index (χ1n) is 5.82. The third-order valence-corrected chi connectivity index (χ3v) is 3.26. The Bertz CT molecular complexity index is 336. The molecule has 0 spiro atoms. The van der Waals surface area contributed by atoms with E-state index in [1.165, 1.54) is 5.56 Å². The second-order valence-electron chi connectivity index (χ2n) is 4.53. The lowest BCUT2D eigenvalue weighted by atomic mass is 9.94. The van der Waals surface area contributed by atoms with Crippen LogP contribution in [-0.2, 0) is 6.42 Å². The molecular weight excluding hydrogens is 194 g/mol. The van der Waals surface area contributed by atoms with Crippen molar-refractivity contribution in [1.29, 1.82) is 0 Å². The summed E-state index contributed by atoms with van der Waals surface area (Å²) in [6, 6.07) is 11.1. The molecule has 1 heteroatoms. The Hall–Kier alpha value is -1.26. The molecule has 16 heavy (non-hydrogen) atoms. The van der Waals surface area contributed by atoms with Gasteiger partial charge in [0.2, 0.25) is 0 Å². The van der Waals surface area contributed by atoms with Crippen molar-refractivity contribution in [3.05, 3.63) is 35.9 Å². The Balaban J connectivity index is 2.52. The van der Waals surface area contributed by atoms with Gasteiger partial charge in [0.15, 0.2) is 0 Å². The van der Waals surface area contributed by atoms with Crippen molar-refractivity contribution in [2.75, 3.05) is 13.6 Å². The van der Waals surface area contributed by atoms with Crippen LogP contribution in [0.1, 0.15) is 19.4 Å². The fraction of sp³-hybridized carbons (Fsp3) is 0.467. The third-order valence-electron chi connectivity index (χ3n) is 3.26. The van der Waals surface area contributed by atoms with E-state index < -0.39 is 0 Å². The smallest absolute Gasteiger partial charge is 0.0598 e. The standard InChI is InChI=1S/C15H21N/c1-5-11-16(4)14(3)13(2)12-15-9-7-6-8-10-15/h1,6-10,13-14H,11-12H2,2-4H3. The predicted molar refractivity (Wildman–Crippen MR) is 70.2 cm³/mol. The van der Waals surface area contributed by atoms with Crippen LogP contribution in [0.4, 0.5) is 0 Å². The zero-order valence-electron chi connectivity index (χ0n) is 10.5. The average Bonchev–Trinajstić information content (AvgIpc) is 2.29. The van der Waals surface area contributed by atoms with Gasteiger partial charge in [0.25, 0.3) is 0 Å². The first-order chi connectivity index (χ1) is 7.65. The van der Waals surface area contributed by atoms with Crippen LogP contribution in [0.3, 0.4) is 0 Å². The summed E-state index contributed by atoms with van der Waals surface area (Å²) in [7, 11) is 2.09. The highest BCUT2D eigenvalue weighted by atomic mass is 15.1. The van der Waals surface area contributed by atoms with Gasteiger partial charge in [-0.25, -0.2) is 0 Å². The zero-order chi connectivity index (χ0) is 12.0. The van der Waals surface area contributed by atoms with E-state index in [1.54, 1.807) is 0 Å². The number of hydrogen-bond acceptors (Lipinski definition) is 1. The molecule has 0 radical (unpaired) electrons. The first-order valence-corrected chi connectivity index (χ1v) is 5.82. The normalized spacial score (nSPS) is 14.4. The van der Waals surface area contributed by atoms with E-state index in [1.807, 2.05) is 0 Å². The van der Waals surface area contributed by atoms with Crippen molar-refractivity contribution in [2.24, 2.45) is 5.92 Å². The van der Waals surface area contributed by atoms with Crippen LogP contribution in [0.5, 0.6) is 0 Å². The second kappa shape index (κ2) is 6.35. The van der Waals surface area contributed by atoms with Crippen molar-refractivity contribution in [3.63, 3.8) is 0 Å². The van der Waals surface area contributed by atoms with E-state index in [4.69, 9.17) is 6.42 Å². The first kappa shape index (κ1) is 12.8. The minimum Gasteiger partial charge on any atom is -0.292 e. The molecule has 0 aliphatic heterocycles. The summed E-state index contributed by atoms with van der Waals surface area (Å²) in [6.45, 7) is 5.25. The molecule has 2 unspecified atom stereocenters. The van der Waals surface area contributed by atoms with E-state index in [2.05, 4.69) is 62.0 Å². The van der Waals surface area contributed by atoms with Crippen LogP contribution in [0, 0.1) is 18.3 Å². The molecule has 0 fully saturated rings. The summed E-state index contributed by atoms with van der Waals surface area (Å²) in [5.41, 5.74) is 1.40. The molecular formula is C15H21N. The molecule has 0 bridgehead atoms. The zero-order valence-corrected chi connectivity index (χ0v) is 10.5. The van der Waals surface area contributed by atoms with Crippen molar-refractivity contribution < 1.29 is 0 Å². The fourth-order valence-corrected chi connectivity index (χ4v) is 1.88. The molecule has 0 aromatic heterocycles. The maximum atomic E-state index is 5.33. The second-order valence-corrected chi connectivity index (χ2v) is 4.53. The Kier molecular flexibility index (Phi) is 5.08. The average molecular weight is 215 g/mol. The van der Waals surface area contributed by atoms with Gasteiger partial charge >= 0.3 is 0 Å². The highest BCUT2D eigenvalue weighted by Gasteiger charge is 2.16. The minimum absolute atomic E-state index is 0.510. The van der Waals surface area contributed by atoms with Crippen LogP contribution in [0.2, 0.25) is 0 Å². The topological polar surface area (TPSA) is 3.24 Å². The summed E-state index contributed by atoms with van der Waals surface area (Å²) in [5.74, 6) is 3.30. The number of hydrogen-bond donors (Lipinski definition) is 0. The van der Waals surface area contributed by atoms with Gasteiger partial charge in [0, 0.05) is 6.04 Å². The van der Waals surface area contributed by atoms with E-state index >= 15 is 0 Å². The largest absolute Gasteiger partial charge is 0.292 e. The highest BCUT2D eigenvalue weighted by molar-refractivity contribution is 5.15. The Labute approximate surface area is 99.5 Å². The van der Waals surface area contributed by atoms with Gasteiger partial charge in [-0.15, -0.1) is 6.42 Å². The number of terminal acetylenes is 1. The van der Waals surface area contributed by atoms with E-state index in [9.17, 15) is 0 Å². The summed E-state index contributed by atoms with van der Waals surface area (Å²) in [4.78, 5) is 2.23. The molecule has 1 aromatic rings. The summed E-state index contributed by atoms with van der Waals surface area (Å²) >= 11 is 0. The molecule has 1 aromatic carbocycles. The van der Waals surface area contributed by atoms with Gasteiger partial charge in [0.1, 0.15) is 0 Å². The maximum absolute atomic E-state index is 5.33. The van der Waals surface area contributed by atoms with Gasteiger partial charge in [-0.2, -0.15) is 0 Å². The van der Waals surface area contributed by atoms with Crippen LogP contribution in [-0.4, -0.2) is 24.5 Å². The quantitative estimate of drug-likeness (QED) is 0.683. The number of benzene rings is 1. The lowest BCUT2D eigenvalue weighted by Gasteiger charge is -2.28. The van der Waals surface area contributed by atoms with E-state index in [0.717, 1.165) is 13.0 Å². The van der Waals surface area contributed by atoms with Gasteiger partial charge in [-0.1, -0.05) is 43.2 Å². The van der Waals surface area contributed by atoms with Gasteiger partial charge in [-0.3, -0.25) is 4.90 Å². The van der Waals surface area contributed by atoms with Crippen molar-refractivity contribution in [2.45, 2.75) is 26.3 Å². The lowest BCUT2D eigenvalue weighted by molar-refractivity contribution is 0.220. The molecule has 0 aliphatic carbocycles. The summed E-state index contributed by atoms with van der Waals surface area (Å²) in [6.07, 6.45) is 6.44. The molecule has 0 aliphatic rings. The highest BCUT2D eigenvalue weighted by Crippen LogP contribution is 2.15. The van der Waals surface area contributed by atoms with Crippen LogP contribution in [0.15, 0.2) is 30.3 Å². The van der Waals surface area contributed by atoms with Crippen LogP contribution in [0.25, 0.3) is 0 Å². The number of rotatable bonds is 5. The van der Waals surface area contributed by atoms with Crippen LogP contribution < -0.4 is 0 Å². The monoisotopic (exact) mass is 215 g/mol. The van der Waals surface area contributed by atoms with Gasteiger partial charge < -0.3 is 0 Å². The summed E-state index contributed by atoms with van der Waals surface area (Å²) in [5, 5.41) is 0. The van der Waals surface area contributed by atoms with Crippen molar-refractivity contribution in [1.82, 2.24) is 4.90 Å². The Morgan fingerprint density at radius 1 is 1.25 bits per heavy atom. The molecule has 1 rings (SSSR count). The predicted octanol–water partition coefficient (Wildman–Crippen LogP) is 2.82. The number of nitrogens with zero attached hydrogens (tertiary/aromatic N) is 1. The van der Waals surface area contributed by atoms with Gasteiger partial charge in [0.05, 0.1) is 6.54 Å². The SMILES string of the molecule is C#CCN(C)C(C)C(C)Cc1ccccc1. The fourth-order valence-electron chi connectivity index (χ4n) is 1.88. The molecule has 0 heterocycles. The van der Waals surface area contributed by atoms with Crippen molar-refractivity contribution in [3.8, 4) is 12.3 Å². The molecule has 0 amide bonds. The van der Waals surface area contributed by atoms with Gasteiger partial charge in [-0.05, 0) is 31.9 Å². The third kappa shape index (κ3) is 3.72. The Morgan fingerprint density at radius 3 is 2.44 bits per heavy atom. The molecule has 2 atom stereocenters. The van der Waals surface area contributed by atoms with E-state index in [0.29, 0.717) is 12.0 Å². The molecule has 0 N–H and O–H groups in total. The van der Waals surface area contributed by atoms with E-state index in [-0.39, 0.29) is 0 Å². The summed E-state index contributed by atoms with van der Waals surface area (Å²) < 4.78 is 0. The molecule has 0 saturated carbocycles. The van der Waals surface area contributed by atoms with Crippen molar-refractivity contribution >= 4 is 0 Å². The molecule has 1 nitrogen and oxygen atoms in total. The minimum atomic E-state index is 0.510. The lowest BCUT2D eigenvalue weighted by Crippen LogP contribution is -2.35. The Morgan fingerprint density at radius 2 is 1.88 bits per heavy atom. The molecule has 0 saturated heterocycles. The maximum Gasteiger partial charge on any atom is 0.0598 e. The van der Waals surface area contributed by atoms with Crippen LogP contribution >= 0.6 is 0 Å². The molecule has 86 valence electrons.